The first-order valence-electron chi connectivity index (χ1n) is 10.2. The fourth-order valence-electron chi connectivity index (χ4n) is 4.61. The van der Waals surface area contributed by atoms with E-state index >= 15 is 0 Å². The van der Waals surface area contributed by atoms with Crippen LogP contribution in [-0.4, -0.2) is 64.8 Å². The fourth-order valence-corrected chi connectivity index (χ4v) is 4.61. The van der Waals surface area contributed by atoms with Crippen molar-refractivity contribution >= 4 is 23.8 Å². The van der Waals surface area contributed by atoms with Crippen molar-refractivity contribution in [3.05, 3.63) is 0 Å². The zero-order valence-electron chi connectivity index (χ0n) is 15.7. The number of hydrogen-bond acceptors (Lipinski definition) is 4. The smallest absolute Gasteiger partial charge is 0.325 e. The van der Waals surface area contributed by atoms with Gasteiger partial charge in [-0.2, -0.15) is 0 Å². The summed E-state index contributed by atoms with van der Waals surface area (Å²) in [6.07, 6.45) is 7.39. The number of urea groups is 1. The lowest BCUT2D eigenvalue weighted by molar-refractivity contribution is -0.132. The maximum Gasteiger partial charge on any atom is 0.325 e. The Bertz CT molecular complexity index is 654. The Kier molecular flexibility index (Phi) is 4.82. The Labute approximate surface area is 159 Å². The van der Waals surface area contributed by atoms with Crippen molar-refractivity contribution in [1.29, 1.82) is 0 Å². The second-order valence-corrected chi connectivity index (χ2v) is 8.35. The summed E-state index contributed by atoms with van der Waals surface area (Å²) >= 11 is 0. The molecule has 4 rings (SSSR count). The van der Waals surface area contributed by atoms with Gasteiger partial charge in [-0.05, 0) is 32.1 Å². The Morgan fingerprint density at radius 1 is 1.15 bits per heavy atom. The highest BCUT2D eigenvalue weighted by molar-refractivity contribution is 6.07. The first-order chi connectivity index (χ1) is 13.0. The van der Waals surface area contributed by atoms with Crippen LogP contribution in [0.2, 0.25) is 0 Å². The van der Waals surface area contributed by atoms with Gasteiger partial charge >= 0.3 is 6.03 Å². The lowest BCUT2D eigenvalue weighted by Crippen LogP contribution is -2.48. The second kappa shape index (κ2) is 7.13. The van der Waals surface area contributed by atoms with Crippen molar-refractivity contribution in [2.45, 2.75) is 69.4 Å². The Balaban J connectivity index is 1.21. The van der Waals surface area contributed by atoms with Crippen LogP contribution in [0, 0.1) is 5.92 Å². The van der Waals surface area contributed by atoms with E-state index in [1.807, 2.05) is 4.90 Å². The van der Waals surface area contributed by atoms with E-state index in [4.69, 9.17) is 0 Å². The minimum absolute atomic E-state index is 0.0785. The Hall–Kier alpha value is -2.12. The van der Waals surface area contributed by atoms with Crippen molar-refractivity contribution in [2.24, 2.45) is 5.92 Å². The van der Waals surface area contributed by atoms with Gasteiger partial charge in [-0.15, -0.1) is 0 Å². The summed E-state index contributed by atoms with van der Waals surface area (Å²) in [5.74, 6) is -0.414. The van der Waals surface area contributed by atoms with E-state index in [0.29, 0.717) is 32.1 Å². The van der Waals surface area contributed by atoms with Gasteiger partial charge in [0.1, 0.15) is 5.54 Å². The molecule has 2 aliphatic carbocycles. The second-order valence-electron chi connectivity index (χ2n) is 8.35. The van der Waals surface area contributed by atoms with E-state index < -0.39 is 5.54 Å². The molecule has 2 saturated heterocycles. The van der Waals surface area contributed by atoms with Crippen LogP contribution in [0.5, 0.6) is 0 Å². The number of likely N-dealkylation sites (tertiary alicyclic amines) is 1. The monoisotopic (exact) mass is 376 g/mol. The van der Waals surface area contributed by atoms with Gasteiger partial charge in [-0.25, -0.2) is 4.79 Å². The summed E-state index contributed by atoms with van der Waals surface area (Å²) in [6.45, 7) is 1.23. The highest BCUT2D eigenvalue weighted by Crippen LogP contribution is 2.34. The van der Waals surface area contributed by atoms with E-state index in [9.17, 15) is 19.2 Å². The number of carbonyl (C=O) groups is 4. The summed E-state index contributed by atoms with van der Waals surface area (Å²) in [5, 5.41) is 5.76. The molecule has 2 heterocycles. The average Bonchev–Trinajstić information content (AvgIpc) is 3.38. The van der Waals surface area contributed by atoms with E-state index in [1.54, 1.807) is 0 Å². The van der Waals surface area contributed by atoms with Crippen molar-refractivity contribution in [1.82, 2.24) is 20.4 Å². The number of nitrogens with zero attached hydrogens (tertiary/aromatic N) is 2. The summed E-state index contributed by atoms with van der Waals surface area (Å²) in [6, 6.07) is 0.0387. The molecular formula is C19H28N4O4. The average molecular weight is 376 g/mol. The van der Waals surface area contributed by atoms with Gasteiger partial charge in [0.15, 0.2) is 0 Å². The van der Waals surface area contributed by atoms with Crippen molar-refractivity contribution in [3.8, 4) is 0 Å². The van der Waals surface area contributed by atoms with Crippen LogP contribution >= 0.6 is 0 Å². The minimum atomic E-state index is -0.685. The molecule has 2 aliphatic heterocycles. The Morgan fingerprint density at radius 3 is 2.59 bits per heavy atom. The van der Waals surface area contributed by atoms with Gasteiger partial charge in [-0.3, -0.25) is 19.3 Å². The SMILES string of the molecule is O=C(NCCCN1C(=O)NC2(CCCCC2)C1=O)[C@@H]1CC(=O)N(C2CC2)C1. The third-order valence-corrected chi connectivity index (χ3v) is 6.33. The quantitative estimate of drug-likeness (QED) is 0.528. The van der Waals surface area contributed by atoms with Crippen LogP contribution < -0.4 is 10.6 Å². The van der Waals surface area contributed by atoms with Crippen molar-refractivity contribution in [3.63, 3.8) is 0 Å². The summed E-state index contributed by atoms with van der Waals surface area (Å²) < 4.78 is 0. The maximum absolute atomic E-state index is 12.7. The van der Waals surface area contributed by atoms with E-state index in [2.05, 4.69) is 10.6 Å². The highest BCUT2D eigenvalue weighted by atomic mass is 16.2. The molecule has 2 saturated carbocycles. The lowest BCUT2D eigenvalue weighted by Gasteiger charge is -2.30. The molecule has 4 aliphatic rings. The number of imide groups is 1. The molecule has 1 spiro atoms. The van der Waals surface area contributed by atoms with Crippen LogP contribution in [0.4, 0.5) is 4.79 Å². The maximum atomic E-state index is 12.7. The molecule has 0 unspecified atom stereocenters. The molecule has 0 aromatic rings. The number of amides is 5. The topological polar surface area (TPSA) is 98.8 Å². The molecule has 8 nitrogen and oxygen atoms in total. The molecule has 0 aromatic heterocycles. The molecule has 27 heavy (non-hydrogen) atoms. The molecule has 148 valence electrons. The van der Waals surface area contributed by atoms with Gasteiger partial charge < -0.3 is 15.5 Å². The highest BCUT2D eigenvalue weighted by Gasteiger charge is 2.50. The zero-order valence-corrected chi connectivity index (χ0v) is 15.7. The molecule has 5 amide bonds. The number of carbonyl (C=O) groups excluding carboxylic acids is 4. The molecule has 2 N–H and O–H groups in total. The van der Waals surface area contributed by atoms with Gasteiger partial charge in [0.2, 0.25) is 11.8 Å². The first kappa shape index (κ1) is 18.3. The lowest BCUT2D eigenvalue weighted by atomic mass is 9.82. The van der Waals surface area contributed by atoms with E-state index in [1.165, 1.54) is 4.90 Å². The molecular weight excluding hydrogens is 348 g/mol. The van der Waals surface area contributed by atoms with Crippen LogP contribution in [0.3, 0.4) is 0 Å². The molecule has 1 atom stereocenters. The minimum Gasteiger partial charge on any atom is -0.356 e. The third-order valence-electron chi connectivity index (χ3n) is 6.33. The van der Waals surface area contributed by atoms with Gasteiger partial charge in [-0.1, -0.05) is 19.3 Å². The van der Waals surface area contributed by atoms with E-state index in [-0.39, 0.29) is 36.1 Å². The van der Waals surface area contributed by atoms with Crippen LogP contribution in [0.15, 0.2) is 0 Å². The zero-order chi connectivity index (χ0) is 19.0. The Morgan fingerprint density at radius 2 is 1.89 bits per heavy atom. The largest absolute Gasteiger partial charge is 0.356 e. The van der Waals surface area contributed by atoms with Gasteiger partial charge in [0.05, 0.1) is 5.92 Å². The molecule has 8 heteroatoms. The van der Waals surface area contributed by atoms with Crippen LogP contribution in [0.25, 0.3) is 0 Å². The molecule has 4 fully saturated rings. The predicted octanol–water partition coefficient (Wildman–Crippen LogP) is 0.758. The summed E-state index contributed by atoms with van der Waals surface area (Å²) in [7, 11) is 0. The third kappa shape index (κ3) is 3.53. The summed E-state index contributed by atoms with van der Waals surface area (Å²) in [4.78, 5) is 52.3. The predicted molar refractivity (Wildman–Crippen MR) is 96.5 cm³/mol. The van der Waals surface area contributed by atoms with Gasteiger partial charge in [0, 0.05) is 32.1 Å². The number of hydrogen-bond donors (Lipinski definition) is 2. The number of nitrogens with one attached hydrogen (secondary N) is 2. The van der Waals surface area contributed by atoms with Crippen molar-refractivity contribution < 1.29 is 19.2 Å². The van der Waals surface area contributed by atoms with Crippen LogP contribution in [-0.2, 0) is 14.4 Å². The molecule has 0 aromatic carbocycles. The first-order valence-corrected chi connectivity index (χ1v) is 10.2. The van der Waals surface area contributed by atoms with Gasteiger partial charge in [0.25, 0.3) is 5.91 Å². The summed E-state index contributed by atoms with van der Waals surface area (Å²) in [5.41, 5.74) is -0.685. The van der Waals surface area contributed by atoms with Crippen LogP contribution in [0.1, 0.15) is 57.8 Å². The normalized spacial score (nSPS) is 27.4. The molecule has 0 bridgehead atoms. The van der Waals surface area contributed by atoms with E-state index in [0.717, 1.165) is 44.9 Å². The standard InChI is InChI=1S/C19H28N4O4/c24-15-11-13(12-23(15)14-5-6-14)16(25)20-9-4-10-22-17(26)19(21-18(22)27)7-2-1-3-8-19/h13-14H,1-12H2,(H,20,25)(H,21,27)/t13-/m1/s1. The molecule has 0 radical (unpaired) electrons. The van der Waals surface area contributed by atoms with Crippen molar-refractivity contribution in [2.75, 3.05) is 19.6 Å². The fraction of sp³-hybridized carbons (Fsp3) is 0.789. The number of rotatable bonds is 6.